The normalized spacial score (nSPS) is 20.8. The van der Waals surface area contributed by atoms with Gasteiger partial charge in [0.25, 0.3) is 0 Å². The maximum atomic E-state index is 12.8. The number of ether oxygens (including phenoxy) is 1. The zero-order valence-corrected chi connectivity index (χ0v) is 13.8. The fraction of sp³-hybridized carbons (Fsp3) is 0.714. The van der Waals surface area contributed by atoms with E-state index in [1.807, 2.05) is 25.5 Å². The van der Waals surface area contributed by atoms with Crippen LogP contribution in [-0.2, 0) is 27.8 Å². The first-order chi connectivity index (χ1) is 10.0. The molecule has 2 heterocycles. The molecule has 0 saturated carbocycles. The van der Waals surface area contributed by atoms with Gasteiger partial charge in [-0.25, -0.2) is 8.42 Å². The third-order valence-electron chi connectivity index (χ3n) is 3.85. The van der Waals surface area contributed by atoms with Crippen LogP contribution < -0.4 is 5.32 Å². The second-order valence-corrected chi connectivity index (χ2v) is 7.19. The van der Waals surface area contributed by atoms with Crippen LogP contribution >= 0.6 is 0 Å². The standard InChI is InChI=1S/C14H25N3O3S/c1-4-13-10-17(6-7-20-13)21(18,19)14-8-12(9-15-3)16(5-2)11-14/h8,11,13,15H,4-7,9-10H2,1-3H3. The van der Waals surface area contributed by atoms with Crippen LogP contribution in [0.2, 0.25) is 0 Å². The lowest BCUT2D eigenvalue weighted by Gasteiger charge is -2.31. The highest BCUT2D eigenvalue weighted by Gasteiger charge is 2.31. The van der Waals surface area contributed by atoms with Gasteiger partial charge in [-0.3, -0.25) is 0 Å². The summed E-state index contributed by atoms with van der Waals surface area (Å²) in [5, 5.41) is 3.07. The lowest BCUT2D eigenvalue weighted by atomic mass is 10.2. The van der Waals surface area contributed by atoms with Crippen molar-refractivity contribution in [1.29, 1.82) is 0 Å². The minimum atomic E-state index is -3.43. The number of nitrogens with one attached hydrogen (secondary N) is 1. The quantitative estimate of drug-likeness (QED) is 0.851. The molecule has 6 nitrogen and oxygen atoms in total. The highest BCUT2D eigenvalue weighted by atomic mass is 32.2. The average molecular weight is 315 g/mol. The van der Waals surface area contributed by atoms with Gasteiger partial charge >= 0.3 is 0 Å². The van der Waals surface area contributed by atoms with E-state index < -0.39 is 10.0 Å². The minimum absolute atomic E-state index is 0.00133. The van der Waals surface area contributed by atoms with Crippen LogP contribution in [0.4, 0.5) is 0 Å². The molecule has 1 N–H and O–H groups in total. The Morgan fingerprint density at radius 3 is 2.81 bits per heavy atom. The number of hydrogen-bond donors (Lipinski definition) is 1. The molecule has 0 radical (unpaired) electrons. The third kappa shape index (κ3) is 3.48. The fourth-order valence-electron chi connectivity index (χ4n) is 2.60. The zero-order valence-electron chi connectivity index (χ0n) is 13.0. The van der Waals surface area contributed by atoms with Crippen molar-refractivity contribution in [3.63, 3.8) is 0 Å². The third-order valence-corrected chi connectivity index (χ3v) is 5.68. The van der Waals surface area contributed by atoms with E-state index in [9.17, 15) is 8.42 Å². The van der Waals surface area contributed by atoms with Gasteiger partial charge in [0.1, 0.15) is 4.90 Å². The molecule has 1 atom stereocenters. The molecule has 1 aliphatic heterocycles. The molecule has 1 aromatic rings. The molecule has 7 heteroatoms. The first kappa shape index (κ1) is 16.5. The summed E-state index contributed by atoms with van der Waals surface area (Å²) in [5.41, 5.74) is 0.985. The van der Waals surface area contributed by atoms with Gasteiger partial charge in [-0.15, -0.1) is 0 Å². The number of hydrogen-bond acceptors (Lipinski definition) is 4. The van der Waals surface area contributed by atoms with E-state index in [1.165, 1.54) is 0 Å². The number of nitrogens with zero attached hydrogens (tertiary/aromatic N) is 2. The fourth-order valence-corrected chi connectivity index (χ4v) is 4.12. The average Bonchev–Trinajstić information content (AvgIpc) is 2.91. The van der Waals surface area contributed by atoms with Gasteiger partial charge in [0.2, 0.25) is 10.0 Å². The SMILES string of the molecule is CCC1CN(S(=O)(=O)c2cc(CNC)n(CC)c2)CCO1. The number of aryl methyl sites for hydroxylation is 1. The summed E-state index contributed by atoms with van der Waals surface area (Å²) in [6.45, 7) is 6.78. The number of morpholine rings is 1. The Kier molecular flexibility index (Phi) is 5.43. The maximum Gasteiger partial charge on any atom is 0.244 e. The van der Waals surface area contributed by atoms with Crippen LogP contribution in [0.15, 0.2) is 17.2 Å². The number of sulfonamides is 1. The highest BCUT2D eigenvalue weighted by molar-refractivity contribution is 7.89. The van der Waals surface area contributed by atoms with Crippen molar-refractivity contribution in [2.24, 2.45) is 0 Å². The summed E-state index contributed by atoms with van der Waals surface area (Å²) in [5.74, 6) is 0. The maximum absolute atomic E-state index is 12.8. The Hall–Kier alpha value is -0.890. The van der Waals surface area contributed by atoms with Gasteiger partial charge in [0.05, 0.1) is 12.7 Å². The molecular formula is C14H25N3O3S. The second kappa shape index (κ2) is 6.91. The summed E-state index contributed by atoms with van der Waals surface area (Å²) in [6, 6.07) is 1.77. The second-order valence-electron chi connectivity index (χ2n) is 5.25. The summed E-state index contributed by atoms with van der Waals surface area (Å²) in [7, 11) is -1.57. The topological polar surface area (TPSA) is 63.6 Å². The zero-order chi connectivity index (χ0) is 15.5. The smallest absolute Gasteiger partial charge is 0.244 e. The van der Waals surface area contributed by atoms with Gasteiger partial charge in [-0.2, -0.15) is 4.31 Å². The van der Waals surface area contributed by atoms with E-state index in [0.29, 0.717) is 31.1 Å². The van der Waals surface area contributed by atoms with Gasteiger partial charge in [-0.1, -0.05) is 6.92 Å². The molecule has 2 rings (SSSR count). The van der Waals surface area contributed by atoms with Gasteiger partial charge < -0.3 is 14.6 Å². The monoisotopic (exact) mass is 315 g/mol. The van der Waals surface area contributed by atoms with Gasteiger partial charge in [-0.05, 0) is 26.5 Å². The van der Waals surface area contributed by atoms with Crippen LogP contribution in [-0.4, -0.2) is 50.1 Å². The number of rotatable bonds is 6. The highest BCUT2D eigenvalue weighted by Crippen LogP contribution is 2.22. The van der Waals surface area contributed by atoms with Crippen LogP contribution in [0.5, 0.6) is 0 Å². The number of aromatic nitrogens is 1. The van der Waals surface area contributed by atoms with Crippen molar-refractivity contribution >= 4 is 10.0 Å². The molecule has 0 aliphatic carbocycles. The van der Waals surface area contributed by atoms with E-state index >= 15 is 0 Å². The van der Waals surface area contributed by atoms with E-state index in [4.69, 9.17) is 4.74 Å². The van der Waals surface area contributed by atoms with E-state index in [-0.39, 0.29) is 6.10 Å². The first-order valence-electron chi connectivity index (χ1n) is 7.48. The van der Waals surface area contributed by atoms with E-state index in [1.54, 1.807) is 16.6 Å². The van der Waals surface area contributed by atoms with Crippen LogP contribution in [0, 0.1) is 0 Å². The Balaban J connectivity index is 2.26. The predicted octanol–water partition coefficient (Wildman–Crippen LogP) is 1.03. The molecule has 120 valence electrons. The lowest BCUT2D eigenvalue weighted by Crippen LogP contribution is -2.45. The molecule has 1 unspecified atom stereocenters. The Morgan fingerprint density at radius 2 is 2.19 bits per heavy atom. The molecule has 0 spiro atoms. The molecule has 0 bridgehead atoms. The van der Waals surface area contributed by atoms with Crippen molar-refractivity contribution in [2.75, 3.05) is 26.7 Å². The van der Waals surface area contributed by atoms with Gasteiger partial charge in [0, 0.05) is 38.1 Å². The van der Waals surface area contributed by atoms with Crippen molar-refractivity contribution < 1.29 is 13.2 Å². The van der Waals surface area contributed by atoms with Crippen LogP contribution in [0.3, 0.4) is 0 Å². The summed E-state index contributed by atoms with van der Waals surface area (Å²) >= 11 is 0. The van der Waals surface area contributed by atoms with Crippen molar-refractivity contribution in [1.82, 2.24) is 14.2 Å². The first-order valence-corrected chi connectivity index (χ1v) is 8.92. The van der Waals surface area contributed by atoms with Gasteiger partial charge in [0.15, 0.2) is 0 Å². The Bertz CT molecular complexity index is 568. The lowest BCUT2D eigenvalue weighted by molar-refractivity contribution is -0.00277. The molecule has 0 aromatic carbocycles. The predicted molar refractivity (Wildman–Crippen MR) is 81.7 cm³/mol. The van der Waals surface area contributed by atoms with Crippen LogP contribution in [0.1, 0.15) is 26.0 Å². The molecular weight excluding hydrogens is 290 g/mol. The van der Waals surface area contributed by atoms with E-state index in [2.05, 4.69) is 5.32 Å². The van der Waals surface area contributed by atoms with Crippen molar-refractivity contribution in [2.45, 2.75) is 44.4 Å². The molecule has 21 heavy (non-hydrogen) atoms. The molecule has 0 amide bonds. The summed E-state index contributed by atoms with van der Waals surface area (Å²) in [4.78, 5) is 0.381. The molecule has 1 aliphatic rings. The Morgan fingerprint density at radius 1 is 1.43 bits per heavy atom. The molecule has 1 saturated heterocycles. The van der Waals surface area contributed by atoms with Crippen molar-refractivity contribution in [3.05, 3.63) is 18.0 Å². The summed E-state index contributed by atoms with van der Waals surface area (Å²) in [6.07, 6.45) is 2.56. The Labute approximate surface area is 127 Å². The van der Waals surface area contributed by atoms with Crippen LogP contribution in [0.25, 0.3) is 0 Å². The summed E-state index contributed by atoms with van der Waals surface area (Å²) < 4.78 is 34.6. The minimum Gasteiger partial charge on any atom is -0.375 e. The molecule has 1 aromatic heterocycles. The molecule has 1 fully saturated rings. The largest absolute Gasteiger partial charge is 0.375 e. The van der Waals surface area contributed by atoms with E-state index in [0.717, 1.165) is 18.7 Å². The van der Waals surface area contributed by atoms with Crippen molar-refractivity contribution in [3.8, 4) is 0 Å².